The van der Waals surface area contributed by atoms with E-state index >= 15 is 0 Å². The second-order valence-corrected chi connectivity index (χ2v) is 14.8. The molecule has 6 aliphatic rings. The van der Waals surface area contributed by atoms with E-state index in [-0.39, 0.29) is 40.8 Å². The summed E-state index contributed by atoms with van der Waals surface area (Å²) < 4.78 is 20.6. The van der Waals surface area contributed by atoms with Crippen LogP contribution in [-0.2, 0) is 20.7 Å². The number of carbonyl (C=O) groups is 3. The summed E-state index contributed by atoms with van der Waals surface area (Å²) in [6, 6.07) is 0. The number of fused-ring (bicyclic) bond motifs is 2. The lowest BCUT2D eigenvalue weighted by Crippen LogP contribution is -2.72. The fourth-order valence-electron chi connectivity index (χ4n) is 8.17. The number of benzene rings is 1. The molecule has 2 fully saturated rings. The number of carboxylic acid groups (broad SMARTS) is 1. The molecule has 46 heavy (non-hydrogen) atoms. The number of phenols is 1. The van der Waals surface area contributed by atoms with Crippen LogP contribution in [0.3, 0.4) is 0 Å². The summed E-state index contributed by atoms with van der Waals surface area (Å²) in [5.41, 5.74) is -0.952. The number of hydrogen-bond donors (Lipinski definition) is 2. The summed E-state index contributed by atoms with van der Waals surface area (Å²) in [7, 11) is 0. The van der Waals surface area contributed by atoms with Crippen LogP contribution in [-0.4, -0.2) is 50.2 Å². The maximum Gasteiger partial charge on any atom is 0.330 e. The first kappa shape index (κ1) is 32.0. The molecule has 1 saturated heterocycles. The number of carbonyl (C=O) groups excluding carboxylic acids is 2. The van der Waals surface area contributed by atoms with Gasteiger partial charge in [0.1, 0.15) is 28.4 Å². The summed E-state index contributed by atoms with van der Waals surface area (Å²) >= 11 is 0. The zero-order valence-corrected chi connectivity index (χ0v) is 28.0. The Morgan fingerprint density at radius 3 is 2.35 bits per heavy atom. The van der Waals surface area contributed by atoms with Gasteiger partial charge in [0.2, 0.25) is 0 Å². The minimum Gasteiger partial charge on any atom is -0.506 e. The molecule has 8 nitrogen and oxygen atoms in total. The van der Waals surface area contributed by atoms with Crippen molar-refractivity contribution in [1.29, 1.82) is 0 Å². The van der Waals surface area contributed by atoms with Crippen molar-refractivity contribution >= 4 is 23.6 Å². The van der Waals surface area contributed by atoms with Crippen molar-refractivity contribution in [3.63, 3.8) is 0 Å². The summed E-state index contributed by atoms with van der Waals surface area (Å²) in [5.74, 6) is -2.28. The van der Waals surface area contributed by atoms with E-state index in [2.05, 4.69) is 19.9 Å². The first-order chi connectivity index (χ1) is 21.5. The lowest BCUT2D eigenvalue weighted by Gasteiger charge is -2.56. The van der Waals surface area contributed by atoms with Crippen molar-refractivity contribution in [1.82, 2.24) is 0 Å². The molecule has 1 aromatic carbocycles. The van der Waals surface area contributed by atoms with Crippen LogP contribution < -0.4 is 9.47 Å². The maximum atomic E-state index is 14.7. The molecule has 7 rings (SSSR count). The highest BCUT2D eigenvalue weighted by Crippen LogP contribution is 2.68. The summed E-state index contributed by atoms with van der Waals surface area (Å²) in [6.45, 7) is 15.4. The van der Waals surface area contributed by atoms with Gasteiger partial charge in [0, 0.05) is 35.0 Å². The third-order valence-electron chi connectivity index (χ3n) is 10.5. The largest absolute Gasteiger partial charge is 0.506 e. The molecule has 4 bridgehead atoms. The van der Waals surface area contributed by atoms with Crippen LogP contribution in [0, 0.1) is 11.8 Å². The van der Waals surface area contributed by atoms with E-state index in [1.165, 1.54) is 18.6 Å². The topological polar surface area (TPSA) is 119 Å². The van der Waals surface area contributed by atoms with Crippen molar-refractivity contribution in [3.05, 3.63) is 69.4 Å². The van der Waals surface area contributed by atoms with E-state index < -0.39 is 40.1 Å². The van der Waals surface area contributed by atoms with Crippen molar-refractivity contribution in [2.45, 2.75) is 110 Å². The zero-order chi connectivity index (χ0) is 33.6. The lowest BCUT2D eigenvalue weighted by molar-refractivity contribution is -0.171. The highest BCUT2D eigenvalue weighted by Gasteiger charge is 2.81. The predicted octanol–water partition coefficient (Wildman–Crippen LogP) is 7.24. The van der Waals surface area contributed by atoms with Gasteiger partial charge in [0.05, 0.1) is 11.2 Å². The average molecular weight is 629 g/mol. The van der Waals surface area contributed by atoms with Gasteiger partial charge in [-0.3, -0.25) is 9.59 Å². The molecule has 8 heteroatoms. The van der Waals surface area contributed by atoms with E-state index in [9.17, 15) is 24.6 Å². The Labute approximate surface area is 270 Å². The zero-order valence-electron chi connectivity index (χ0n) is 28.0. The van der Waals surface area contributed by atoms with Crippen LogP contribution in [0.2, 0.25) is 0 Å². The van der Waals surface area contributed by atoms with Crippen molar-refractivity contribution in [2.24, 2.45) is 11.8 Å². The molecule has 2 N–H and O–H groups in total. The second-order valence-electron chi connectivity index (χ2n) is 14.8. The Hall–Kier alpha value is -3.91. The molecule has 0 radical (unpaired) electrons. The first-order valence-corrected chi connectivity index (χ1v) is 16.2. The lowest BCUT2D eigenvalue weighted by atomic mass is 9.51. The molecule has 1 aromatic rings. The molecule has 0 amide bonds. The Balaban J connectivity index is 1.59. The van der Waals surface area contributed by atoms with Crippen LogP contribution in [0.15, 0.2) is 52.7 Å². The maximum absolute atomic E-state index is 14.7. The summed E-state index contributed by atoms with van der Waals surface area (Å²) in [4.78, 5) is 40.8. The number of phenolic OH excluding ortho intramolecular Hbond substituents is 1. The summed E-state index contributed by atoms with van der Waals surface area (Å²) in [6.07, 6.45) is 13.4. The Morgan fingerprint density at radius 2 is 1.70 bits per heavy atom. The Bertz CT molecular complexity index is 1730. The molecule has 244 valence electrons. The van der Waals surface area contributed by atoms with E-state index in [1.54, 1.807) is 6.08 Å². The fourth-order valence-corrected chi connectivity index (χ4v) is 8.17. The van der Waals surface area contributed by atoms with Gasteiger partial charge in [-0.1, -0.05) is 35.5 Å². The third-order valence-corrected chi connectivity index (χ3v) is 10.5. The number of hydrogen-bond acceptors (Lipinski definition) is 7. The first-order valence-electron chi connectivity index (χ1n) is 16.2. The average Bonchev–Trinajstić information content (AvgIpc) is 3.12. The molecule has 1 saturated carbocycles. The normalized spacial score (nSPS) is 31.2. The monoisotopic (exact) mass is 628 g/mol. The van der Waals surface area contributed by atoms with Gasteiger partial charge >= 0.3 is 5.97 Å². The van der Waals surface area contributed by atoms with Gasteiger partial charge in [-0.15, -0.1) is 0 Å². The van der Waals surface area contributed by atoms with Gasteiger partial charge in [-0.25, -0.2) is 4.79 Å². The van der Waals surface area contributed by atoms with E-state index in [1.807, 2.05) is 52.8 Å². The third kappa shape index (κ3) is 4.47. The van der Waals surface area contributed by atoms with Crippen LogP contribution in [0.1, 0.15) is 103 Å². The highest BCUT2D eigenvalue weighted by molar-refractivity contribution is 6.19. The molecule has 5 atom stereocenters. The number of ether oxygens (including phenoxy) is 3. The van der Waals surface area contributed by atoms with Crippen LogP contribution in [0.4, 0.5) is 0 Å². The summed E-state index contributed by atoms with van der Waals surface area (Å²) in [5, 5.41) is 21.4. The molecule has 1 spiro atoms. The molecule has 3 aliphatic heterocycles. The van der Waals surface area contributed by atoms with Crippen LogP contribution in [0.25, 0.3) is 6.08 Å². The number of carboxylic acids is 1. The second kappa shape index (κ2) is 10.6. The van der Waals surface area contributed by atoms with E-state index in [0.717, 1.165) is 12.0 Å². The van der Waals surface area contributed by atoms with E-state index in [4.69, 9.17) is 14.2 Å². The minimum absolute atomic E-state index is 0.0544. The molecular formula is C38H44O8. The fraction of sp³-hybridized carbons (Fsp3) is 0.500. The van der Waals surface area contributed by atoms with Crippen LogP contribution in [0.5, 0.6) is 17.2 Å². The van der Waals surface area contributed by atoms with Crippen molar-refractivity contribution in [2.75, 3.05) is 0 Å². The van der Waals surface area contributed by atoms with Gasteiger partial charge in [0.15, 0.2) is 22.8 Å². The number of aliphatic carboxylic acids is 1. The Morgan fingerprint density at radius 1 is 1.00 bits per heavy atom. The van der Waals surface area contributed by atoms with Crippen molar-refractivity contribution < 1.29 is 38.8 Å². The standard InChI is InChI=1S/C38H44O8/c1-20(2)10-9-15-36(8)16-14-24-29(39)28-30(40)26-18-23-19-27-35(6,7)46-37(33(23)41,17-13-22(5)34(42)43)38(26,27)45-32(28)25(31(24)44-36)12-11-21(3)4/h10-11,13-14,16,18,23,27,39H,9,12,15,17,19H2,1-8H3,(H,42,43)/b22-13+/t23-,27-,36+,37-,38-/m0/s1. The molecule has 0 aromatic heterocycles. The number of aromatic hydroxyl groups is 1. The van der Waals surface area contributed by atoms with Crippen LogP contribution >= 0.6 is 0 Å². The SMILES string of the molecule is CC(C)=CCC[C@]1(C)C=Cc2c(O)c3c(c(CC=C(C)C)c2O1)O[C@@]12C(=C[C@H]4C[C@H]1C(C)(C)O[C@@]2(C/C=C(\C)C(=O)O)C4=O)C3=O. The smallest absolute Gasteiger partial charge is 0.330 e. The predicted molar refractivity (Wildman–Crippen MR) is 174 cm³/mol. The number of allylic oxidation sites excluding steroid dienone is 5. The Kier molecular flexibility index (Phi) is 7.36. The van der Waals surface area contributed by atoms with Gasteiger partial charge in [0.25, 0.3) is 0 Å². The van der Waals surface area contributed by atoms with Gasteiger partial charge in [-0.2, -0.15) is 0 Å². The number of ketones is 2. The number of Topliss-reactive ketones (excluding diaryl/α,β-unsaturated/α-hetero) is 2. The number of rotatable bonds is 8. The quantitative estimate of drug-likeness (QED) is 0.228. The highest BCUT2D eigenvalue weighted by atomic mass is 16.6. The van der Waals surface area contributed by atoms with Crippen molar-refractivity contribution in [3.8, 4) is 17.2 Å². The molecule has 3 aliphatic carbocycles. The minimum atomic E-state index is -1.63. The molecular weight excluding hydrogens is 584 g/mol. The van der Waals surface area contributed by atoms with Gasteiger partial charge in [-0.05, 0) is 93.2 Å². The molecule has 3 heterocycles. The molecule has 0 unspecified atom stereocenters. The van der Waals surface area contributed by atoms with Gasteiger partial charge < -0.3 is 24.4 Å². The van der Waals surface area contributed by atoms with E-state index in [0.29, 0.717) is 41.7 Å².